The lowest BCUT2D eigenvalue weighted by atomic mass is 10.0. The molecule has 0 aliphatic heterocycles. The van der Waals surface area contributed by atoms with Crippen LogP contribution in [-0.4, -0.2) is 70.7 Å². The largest absolute Gasteiger partial charge is 0.756 e. The maximum absolute atomic E-state index is 12.0. The Morgan fingerprint density at radius 1 is 0.811 bits per heavy atom. The summed E-state index contributed by atoms with van der Waals surface area (Å²) in [4.78, 5) is 23.9. The van der Waals surface area contributed by atoms with Gasteiger partial charge in [0.15, 0.2) is 0 Å². The van der Waals surface area contributed by atoms with Crippen molar-refractivity contribution in [2.24, 2.45) is 0 Å². The van der Waals surface area contributed by atoms with E-state index in [1.807, 2.05) is 21.1 Å². The third-order valence-electron chi connectivity index (χ3n) is 5.96. The van der Waals surface area contributed by atoms with Crippen molar-refractivity contribution in [2.45, 2.75) is 110 Å². The molecule has 1 unspecified atom stereocenters. The molecule has 0 aliphatic carbocycles. The molecule has 0 radical (unpaired) electrons. The third-order valence-corrected chi connectivity index (χ3v) is 6.93. The van der Waals surface area contributed by atoms with Crippen molar-refractivity contribution in [3.63, 3.8) is 0 Å². The average Bonchev–Trinajstić information content (AvgIpc) is 2.81. The first-order chi connectivity index (χ1) is 17.6. The Bertz CT molecular complexity index is 622. The van der Waals surface area contributed by atoms with E-state index in [1.165, 1.54) is 83.1 Å². The van der Waals surface area contributed by atoms with Gasteiger partial charge in [0, 0.05) is 12.7 Å². The molecule has 2 atom stereocenters. The van der Waals surface area contributed by atoms with Gasteiger partial charge >= 0.3 is 5.97 Å². The Balaban J connectivity index is 3.98. The summed E-state index contributed by atoms with van der Waals surface area (Å²) >= 11 is 0. The van der Waals surface area contributed by atoms with E-state index in [1.54, 1.807) is 13.0 Å². The van der Waals surface area contributed by atoms with Gasteiger partial charge in [-0.05, 0) is 13.3 Å². The summed E-state index contributed by atoms with van der Waals surface area (Å²) in [5.41, 5.74) is 0. The van der Waals surface area contributed by atoms with Crippen molar-refractivity contribution in [1.29, 1.82) is 0 Å². The van der Waals surface area contributed by atoms with Crippen LogP contribution in [-0.2, 0) is 27.9 Å². The molecule has 0 spiro atoms. The number of phosphoric acid groups is 1. The summed E-state index contributed by atoms with van der Waals surface area (Å²) in [6.45, 7) is 4.75. The number of esters is 1. The molecular weight excluding hydrogens is 493 g/mol. The summed E-state index contributed by atoms with van der Waals surface area (Å²) < 4.78 is 33.4. The molecule has 0 fully saturated rings. The minimum Gasteiger partial charge on any atom is -0.756 e. The van der Waals surface area contributed by atoms with Crippen LogP contribution in [0.25, 0.3) is 0 Å². The monoisotopic (exact) mass is 549 g/mol. The van der Waals surface area contributed by atoms with Gasteiger partial charge in [0.25, 0.3) is 7.82 Å². The zero-order valence-corrected chi connectivity index (χ0v) is 25.3. The van der Waals surface area contributed by atoms with E-state index in [-0.39, 0.29) is 19.8 Å². The number of hydrogen-bond acceptors (Lipinski definition) is 7. The number of phosphoric ester groups is 1. The molecule has 0 N–H and O–H groups in total. The Morgan fingerprint density at radius 2 is 1.32 bits per heavy atom. The van der Waals surface area contributed by atoms with Crippen molar-refractivity contribution in [3.05, 3.63) is 12.2 Å². The van der Waals surface area contributed by atoms with Crippen LogP contribution in [0.15, 0.2) is 12.2 Å². The van der Waals surface area contributed by atoms with Crippen molar-refractivity contribution >= 4 is 13.8 Å². The molecule has 0 bridgehead atoms. The molecule has 9 heteroatoms. The first-order valence-electron chi connectivity index (χ1n) is 14.4. The first kappa shape index (κ1) is 36.2. The highest BCUT2D eigenvalue weighted by atomic mass is 31.2. The van der Waals surface area contributed by atoms with E-state index >= 15 is 0 Å². The maximum atomic E-state index is 12.0. The molecule has 0 rings (SSSR count). The number of hydrogen-bond donors (Lipinski definition) is 0. The maximum Gasteiger partial charge on any atom is 0.330 e. The lowest BCUT2D eigenvalue weighted by Crippen LogP contribution is -2.37. The van der Waals surface area contributed by atoms with Crippen LogP contribution >= 0.6 is 7.82 Å². The number of likely N-dealkylation sites (N-methyl/N-ethyl adjacent to an activating group) is 1. The highest BCUT2D eigenvalue weighted by Gasteiger charge is 2.19. The predicted molar refractivity (Wildman–Crippen MR) is 148 cm³/mol. The fourth-order valence-electron chi connectivity index (χ4n) is 3.71. The Morgan fingerprint density at radius 3 is 1.81 bits per heavy atom. The quantitative estimate of drug-likeness (QED) is 0.0418. The topological polar surface area (TPSA) is 94.1 Å². The van der Waals surface area contributed by atoms with E-state index in [9.17, 15) is 14.3 Å². The predicted octanol–water partition coefficient (Wildman–Crippen LogP) is 6.18. The number of allylic oxidation sites excluding steroid dienone is 1. The van der Waals surface area contributed by atoms with Crippen LogP contribution in [0.3, 0.4) is 0 Å². The molecule has 0 aromatic rings. The number of unbranched alkanes of at least 4 members (excludes halogenated alkanes) is 13. The van der Waals surface area contributed by atoms with Gasteiger partial charge in [-0.25, -0.2) is 4.79 Å². The van der Waals surface area contributed by atoms with Crippen molar-refractivity contribution in [2.75, 3.05) is 54.1 Å². The van der Waals surface area contributed by atoms with Gasteiger partial charge in [-0.1, -0.05) is 96.5 Å². The van der Waals surface area contributed by atoms with Gasteiger partial charge in [0.05, 0.1) is 34.4 Å². The van der Waals surface area contributed by atoms with Gasteiger partial charge in [-0.2, -0.15) is 0 Å². The Hall–Kier alpha value is -0.760. The SMILES string of the molecule is C/C=C/C(=O)O[C@@H](COCCCCCCCCCCCCCCCC)COP(=O)([O-])OCC[N+](C)(C)C. The molecule has 0 saturated heterocycles. The van der Waals surface area contributed by atoms with E-state index in [0.29, 0.717) is 17.6 Å². The van der Waals surface area contributed by atoms with Crippen LogP contribution in [0.5, 0.6) is 0 Å². The molecule has 37 heavy (non-hydrogen) atoms. The third kappa shape index (κ3) is 26.6. The molecule has 8 nitrogen and oxygen atoms in total. The second-order valence-electron chi connectivity index (χ2n) is 10.8. The van der Waals surface area contributed by atoms with Gasteiger partial charge in [-0.3, -0.25) is 4.57 Å². The van der Waals surface area contributed by atoms with Crippen LogP contribution < -0.4 is 4.89 Å². The van der Waals surface area contributed by atoms with E-state index in [0.717, 1.165) is 12.8 Å². The number of nitrogens with zero attached hydrogens (tertiary/aromatic N) is 1. The summed E-state index contributed by atoms with van der Waals surface area (Å²) in [6.07, 6.45) is 20.0. The van der Waals surface area contributed by atoms with Crippen molar-refractivity contribution < 1.29 is 37.3 Å². The van der Waals surface area contributed by atoms with Gasteiger partial charge in [0.1, 0.15) is 19.3 Å². The molecule has 0 heterocycles. The van der Waals surface area contributed by atoms with Crippen LogP contribution in [0.2, 0.25) is 0 Å². The molecular formula is C28H56NO7P. The molecule has 0 aliphatic rings. The second-order valence-corrected chi connectivity index (χ2v) is 12.2. The molecule has 0 amide bonds. The molecule has 0 saturated carbocycles. The number of carbonyl (C=O) groups is 1. The minimum absolute atomic E-state index is 0.0168. The fraction of sp³-hybridized carbons (Fsp3) is 0.893. The van der Waals surface area contributed by atoms with E-state index in [2.05, 4.69) is 6.92 Å². The molecule has 0 aromatic carbocycles. The van der Waals surface area contributed by atoms with E-state index in [4.69, 9.17) is 18.5 Å². The zero-order valence-electron chi connectivity index (χ0n) is 24.4. The molecule has 0 aromatic heterocycles. The smallest absolute Gasteiger partial charge is 0.330 e. The van der Waals surface area contributed by atoms with E-state index < -0.39 is 19.9 Å². The lowest BCUT2D eigenvalue weighted by Gasteiger charge is -2.28. The normalized spacial score (nSPS) is 14.6. The standard InChI is InChI=1S/C28H56NO7P/c1-6-8-9-10-11-12-13-14-15-16-17-18-19-20-23-33-25-27(36-28(30)21-7-2)26-35-37(31,32)34-24-22-29(3,4)5/h7,21,27H,6,8-20,22-26H2,1-5H3/b21-7+/t27-/m0/s1. The number of quaternary nitrogens is 1. The minimum atomic E-state index is -4.49. The fourth-order valence-corrected chi connectivity index (χ4v) is 4.44. The summed E-state index contributed by atoms with van der Waals surface area (Å²) in [5, 5.41) is 0. The van der Waals surface area contributed by atoms with Crippen molar-refractivity contribution in [1.82, 2.24) is 0 Å². The van der Waals surface area contributed by atoms with Crippen LogP contribution in [0.1, 0.15) is 104 Å². The zero-order chi connectivity index (χ0) is 27.8. The second kappa shape index (κ2) is 23.2. The van der Waals surface area contributed by atoms with Crippen LogP contribution in [0, 0.1) is 0 Å². The van der Waals surface area contributed by atoms with Gasteiger partial charge in [0.2, 0.25) is 0 Å². The molecule has 220 valence electrons. The Labute approximate surface area is 227 Å². The summed E-state index contributed by atoms with van der Waals surface area (Å²) in [6, 6.07) is 0. The number of ether oxygens (including phenoxy) is 2. The van der Waals surface area contributed by atoms with Crippen molar-refractivity contribution in [3.8, 4) is 0 Å². The first-order valence-corrected chi connectivity index (χ1v) is 15.9. The number of carbonyl (C=O) groups excluding carboxylic acids is 1. The summed E-state index contributed by atoms with van der Waals surface area (Å²) in [5.74, 6) is -0.567. The highest BCUT2D eigenvalue weighted by molar-refractivity contribution is 7.45. The van der Waals surface area contributed by atoms with Gasteiger partial charge in [-0.15, -0.1) is 0 Å². The van der Waals surface area contributed by atoms with Gasteiger partial charge < -0.3 is 27.9 Å². The number of rotatable bonds is 26. The Kier molecular flexibility index (Phi) is 22.7. The average molecular weight is 550 g/mol. The van der Waals surface area contributed by atoms with Crippen LogP contribution in [0.4, 0.5) is 0 Å². The highest BCUT2D eigenvalue weighted by Crippen LogP contribution is 2.38. The lowest BCUT2D eigenvalue weighted by molar-refractivity contribution is -0.870. The summed E-state index contributed by atoms with van der Waals surface area (Å²) in [7, 11) is 1.32.